The fourth-order valence-corrected chi connectivity index (χ4v) is 5.36. The van der Waals surface area contributed by atoms with E-state index in [2.05, 4.69) is 13.5 Å². The average molecular weight is 461 g/mol. The molecule has 31 heavy (non-hydrogen) atoms. The Morgan fingerprint density at radius 1 is 1.16 bits per heavy atom. The zero-order valence-electron chi connectivity index (χ0n) is 16.6. The smallest absolute Gasteiger partial charge is 0.324 e. The standard InChI is InChI=1S/C20H20N4O5S2/c1-13(23-31(27,28)17-8-4-7-16-19(17)22-30-21-16)20(26)29-12-18(25)24-10-9-14-5-2-3-6-15(14)11-24/h2-8,13,23H,9-12H2,1H3/t13-/m0/s1. The second-order valence-corrected chi connectivity index (χ2v) is 9.38. The molecule has 0 saturated carbocycles. The van der Waals surface area contributed by atoms with Gasteiger partial charge in [0.2, 0.25) is 10.0 Å². The summed E-state index contributed by atoms with van der Waals surface area (Å²) in [4.78, 5) is 26.3. The van der Waals surface area contributed by atoms with Crippen LogP contribution in [-0.4, -0.2) is 53.1 Å². The average Bonchev–Trinajstić information content (AvgIpc) is 3.25. The topological polar surface area (TPSA) is 119 Å². The molecule has 1 N–H and O–H groups in total. The largest absolute Gasteiger partial charge is 0.454 e. The molecule has 0 unspecified atom stereocenters. The predicted molar refractivity (Wildman–Crippen MR) is 114 cm³/mol. The predicted octanol–water partition coefficient (Wildman–Crippen LogP) is 1.49. The number of benzene rings is 2. The van der Waals surface area contributed by atoms with E-state index in [4.69, 9.17) is 4.74 Å². The van der Waals surface area contributed by atoms with Crippen molar-refractivity contribution >= 4 is 44.7 Å². The van der Waals surface area contributed by atoms with Gasteiger partial charge >= 0.3 is 5.97 Å². The van der Waals surface area contributed by atoms with E-state index in [1.54, 1.807) is 17.0 Å². The summed E-state index contributed by atoms with van der Waals surface area (Å²) < 4.78 is 40.8. The van der Waals surface area contributed by atoms with Crippen LogP contribution in [0.5, 0.6) is 0 Å². The van der Waals surface area contributed by atoms with E-state index in [1.165, 1.54) is 18.6 Å². The van der Waals surface area contributed by atoms with Crippen LogP contribution in [0.4, 0.5) is 0 Å². The van der Waals surface area contributed by atoms with Crippen molar-refractivity contribution in [1.82, 2.24) is 18.4 Å². The molecule has 0 aliphatic carbocycles. The number of fused-ring (bicyclic) bond motifs is 2. The highest BCUT2D eigenvalue weighted by molar-refractivity contribution is 7.89. The Bertz CT molecular complexity index is 1240. The van der Waals surface area contributed by atoms with Crippen molar-refractivity contribution in [1.29, 1.82) is 0 Å². The van der Waals surface area contributed by atoms with Crippen LogP contribution < -0.4 is 4.72 Å². The van der Waals surface area contributed by atoms with Crippen LogP contribution in [0.2, 0.25) is 0 Å². The summed E-state index contributed by atoms with van der Waals surface area (Å²) in [7, 11) is -4.04. The number of carbonyl (C=O) groups is 2. The molecule has 1 atom stereocenters. The van der Waals surface area contributed by atoms with Crippen LogP contribution >= 0.6 is 11.7 Å². The number of hydrogen-bond donors (Lipinski definition) is 1. The lowest BCUT2D eigenvalue weighted by molar-refractivity contribution is -0.153. The fourth-order valence-electron chi connectivity index (χ4n) is 3.40. The van der Waals surface area contributed by atoms with Gasteiger partial charge in [-0.2, -0.15) is 13.5 Å². The molecule has 3 aromatic rings. The van der Waals surface area contributed by atoms with Gasteiger partial charge in [0.05, 0.1) is 11.7 Å². The normalized spacial score (nSPS) is 14.8. The molecule has 0 bridgehead atoms. The van der Waals surface area contributed by atoms with Crippen LogP contribution in [0.1, 0.15) is 18.1 Å². The van der Waals surface area contributed by atoms with Gasteiger partial charge in [-0.1, -0.05) is 30.3 Å². The van der Waals surface area contributed by atoms with Crippen LogP contribution in [-0.2, 0) is 37.3 Å². The highest BCUT2D eigenvalue weighted by Crippen LogP contribution is 2.21. The van der Waals surface area contributed by atoms with Gasteiger partial charge in [0.15, 0.2) is 6.61 Å². The second kappa shape index (κ2) is 8.69. The lowest BCUT2D eigenvalue weighted by atomic mass is 10.00. The van der Waals surface area contributed by atoms with Gasteiger partial charge < -0.3 is 9.64 Å². The van der Waals surface area contributed by atoms with Gasteiger partial charge in [-0.05, 0) is 36.6 Å². The summed E-state index contributed by atoms with van der Waals surface area (Å²) in [6.07, 6.45) is 0.739. The van der Waals surface area contributed by atoms with Crippen molar-refractivity contribution in [2.24, 2.45) is 0 Å². The number of amides is 1. The molecule has 162 valence electrons. The zero-order valence-corrected chi connectivity index (χ0v) is 18.3. The van der Waals surface area contributed by atoms with Crippen LogP contribution in [0, 0.1) is 0 Å². The third-order valence-corrected chi connectivity index (χ3v) is 7.16. The van der Waals surface area contributed by atoms with Gasteiger partial charge in [-0.15, -0.1) is 0 Å². The van der Waals surface area contributed by atoms with Gasteiger partial charge in [-0.3, -0.25) is 9.59 Å². The molecule has 1 aliphatic rings. The number of aromatic nitrogens is 2. The number of rotatable bonds is 6. The Labute approximate surface area is 183 Å². The molecule has 1 aromatic heterocycles. The minimum Gasteiger partial charge on any atom is -0.454 e. The zero-order chi connectivity index (χ0) is 22.0. The first-order valence-corrected chi connectivity index (χ1v) is 11.8. The van der Waals surface area contributed by atoms with Crippen molar-refractivity contribution in [3.8, 4) is 0 Å². The molecule has 0 radical (unpaired) electrons. The molecular weight excluding hydrogens is 440 g/mol. The number of sulfonamides is 1. The molecule has 1 amide bonds. The number of nitrogens with one attached hydrogen (secondary N) is 1. The molecule has 2 aromatic carbocycles. The van der Waals surface area contributed by atoms with Crippen LogP contribution in [0.3, 0.4) is 0 Å². The number of esters is 1. The SMILES string of the molecule is C[C@H](NS(=O)(=O)c1cccc2nsnc12)C(=O)OCC(=O)N1CCc2ccccc2C1. The lowest BCUT2D eigenvalue weighted by Gasteiger charge is -2.28. The van der Waals surface area contributed by atoms with Crippen molar-refractivity contribution in [2.45, 2.75) is 30.8 Å². The molecule has 0 saturated heterocycles. The highest BCUT2D eigenvalue weighted by Gasteiger charge is 2.27. The number of ether oxygens (including phenoxy) is 1. The van der Waals surface area contributed by atoms with E-state index >= 15 is 0 Å². The third-order valence-electron chi connectivity index (χ3n) is 5.05. The van der Waals surface area contributed by atoms with E-state index in [1.807, 2.05) is 24.3 Å². The van der Waals surface area contributed by atoms with Crippen molar-refractivity contribution in [3.63, 3.8) is 0 Å². The fraction of sp³-hybridized carbons (Fsp3) is 0.300. The minimum absolute atomic E-state index is 0.0681. The first-order chi connectivity index (χ1) is 14.8. The third kappa shape index (κ3) is 4.58. The Hall–Kier alpha value is -2.89. The van der Waals surface area contributed by atoms with Gasteiger partial charge in [0, 0.05) is 13.1 Å². The first-order valence-electron chi connectivity index (χ1n) is 9.60. The number of nitrogens with zero attached hydrogens (tertiary/aromatic N) is 3. The Kier molecular flexibility index (Phi) is 5.99. The van der Waals surface area contributed by atoms with E-state index in [9.17, 15) is 18.0 Å². The maximum Gasteiger partial charge on any atom is 0.324 e. The van der Waals surface area contributed by atoms with Gasteiger partial charge in [-0.25, -0.2) is 8.42 Å². The van der Waals surface area contributed by atoms with E-state index in [0.29, 0.717) is 18.6 Å². The van der Waals surface area contributed by atoms with E-state index in [0.717, 1.165) is 23.7 Å². The van der Waals surface area contributed by atoms with Crippen molar-refractivity contribution < 1.29 is 22.7 Å². The molecular formula is C20H20N4O5S2. The minimum atomic E-state index is -4.04. The second-order valence-electron chi connectivity index (χ2n) is 7.17. The molecule has 4 rings (SSSR count). The Balaban J connectivity index is 1.35. The van der Waals surface area contributed by atoms with Crippen LogP contribution in [0.15, 0.2) is 47.4 Å². The monoisotopic (exact) mass is 460 g/mol. The highest BCUT2D eigenvalue weighted by atomic mass is 32.2. The van der Waals surface area contributed by atoms with E-state index in [-0.39, 0.29) is 16.3 Å². The van der Waals surface area contributed by atoms with Crippen LogP contribution in [0.25, 0.3) is 11.0 Å². The summed E-state index contributed by atoms with van der Waals surface area (Å²) in [5.74, 6) is -1.16. The first kappa shape index (κ1) is 21.3. The van der Waals surface area contributed by atoms with Crippen molar-refractivity contribution in [3.05, 3.63) is 53.6 Å². The molecule has 0 fully saturated rings. The number of carbonyl (C=O) groups excluding carboxylic acids is 2. The maximum absolute atomic E-state index is 12.7. The Morgan fingerprint density at radius 2 is 1.94 bits per heavy atom. The Morgan fingerprint density at radius 3 is 2.74 bits per heavy atom. The van der Waals surface area contributed by atoms with E-state index < -0.39 is 28.6 Å². The van der Waals surface area contributed by atoms with Crippen molar-refractivity contribution in [2.75, 3.05) is 13.2 Å². The van der Waals surface area contributed by atoms with Gasteiger partial charge in [0.1, 0.15) is 22.0 Å². The maximum atomic E-state index is 12.7. The quantitative estimate of drug-likeness (QED) is 0.554. The van der Waals surface area contributed by atoms with Gasteiger partial charge in [0.25, 0.3) is 5.91 Å². The molecule has 11 heteroatoms. The molecule has 2 heterocycles. The molecule has 0 spiro atoms. The summed E-state index contributed by atoms with van der Waals surface area (Å²) in [6, 6.07) is 11.3. The lowest BCUT2D eigenvalue weighted by Crippen LogP contribution is -2.42. The molecule has 1 aliphatic heterocycles. The summed E-state index contributed by atoms with van der Waals surface area (Å²) >= 11 is 0.903. The summed E-state index contributed by atoms with van der Waals surface area (Å²) in [5, 5.41) is 0. The summed E-state index contributed by atoms with van der Waals surface area (Å²) in [5.41, 5.74) is 2.97. The number of hydrogen-bond acceptors (Lipinski definition) is 8. The molecule has 9 nitrogen and oxygen atoms in total. The summed E-state index contributed by atoms with van der Waals surface area (Å²) in [6.45, 7) is 1.92.